The molecule has 0 radical (unpaired) electrons. The molecule has 0 aromatic carbocycles. The van der Waals surface area contributed by atoms with E-state index in [0.717, 1.165) is 32.1 Å². The Hall–Kier alpha value is -0.830. The summed E-state index contributed by atoms with van der Waals surface area (Å²) < 4.78 is 67.0. The number of alkyl halides is 3. The van der Waals surface area contributed by atoms with Crippen LogP contribution in [0.15, 0.2) is 0 Å². The second kappa shape index (κ2) is 9.76. The molecule has 5 nitrogen and oxygen atoms in total. The van der Waals surface area contributed by atoms with E-state index >= 15 is 0 Å². The third-order valence-corrected chi connectivity index (χ3v) is 9.76. The van der Waals surface area contributed by atoms with Crippen LogP contribution in [0.25, 0.3) is 0 Å². The van der Waals surface area contributed by atoms with Crippen molar-refractivity contribution in [3.63, 3.8) is 0 Å². The Balaban J connectivity index is 1.57. The van der Waals surface area contributed by atoms with E-state index < -0.39 is 33.3 Å². The third kappa shape index (κ3) is 5.69. The number of amides is 1. The lowest BCUT2D eigenvalue weighted by atomic mass is 9.80. The molecule has 4 unspecified atom stereocenters. The van der Waals surface area contributed by atoms with Gasteiger partial charge in [-0.3, -0.25) is 4.79 Å². The van der Waals surface area contributed by atoms with Crippen LogP contribution >= 0.6 is 0 Å². The number of hydrogen-bond donors (Lipinski definition) is 1. The molecule has 9 heteroatoms. The number of nitrogens with one attached hydrogen (secondary N) is 1. The molecule has 1 N–H and O–H groups in total. The fourth-order valence-corrected chi connectivity index (χ4v) is 7.52. The fraction of sp³-hybridized carbons (Fsp3) is 0.952. The highest BCUT2D eigenvalue weighted by atomic mass is 32.2. The average Bonchev–Trinajstić information content (AvgIpc) is 2.73. The third-order valence-electron chi connectivity index (χ3n) is 7.39. The zero-order chi connectivity index (χ0) is 21.9. The highest BCUT2D eigenvalue weighted by Gasteiger charge is 2.44. The molecule has 3 aliphatic carbocycles. The molecule has 0 saturated heterocycles. The van der Waals surface area contributed by atoms with Gasteiger partial charge in [0, 0.05) is 25.0 Å². The Bertz CT molecular complexity index is 692. The predicted octanol–water partition coefficient (Wildman–Crippen LogP) is 4.38. The van der Waals surface area contributed by atoms with E-state index in [1.165, 1.54) is 0 Å². The summed E-state index contributed by atoms with van der Waals surface area (Å²) in [5.41, 5.74) is 0. The van der Waals surface area contributed by atoms with Gasteiger partial charge in [0.05, 0.1) is 11.2 Å². The van der Waals surface area contributed by atoms with Gasteiger partial charge in [0.1, 0.15) is 0 Å². The molecule has 0 spiro atoms. The molecular formula is C21H35F3N2O3S. The van der Waals surface area contributed by atoms with Gasteiger partial charge >= 0.3 is 6.18 Å². The number of hydrogen-bond acceptors (Lipinski definition) is 3. The molecule has 0 heterocycles. The van der Waals surface area contributed by atoms with Crippen LogP contribution in [0.3, 0.4) is 0 Å². The fourth-order valence-electron chi connectivity index (χ4n) is 5.48. The SMILES string of the molecule is CN(C1CCCCC1)S(=O)(=O)C1CCCC(NC(=O)C2CCCC(C(F)(F)F)C2)C1. The van der Waals surface area contributed by atoms with Crippen LogP contribution in [0.5, 0.6) is 0 Å². The summed E-state index contributed by atoms with van der Waals surface area (Å²) in [6.07, 6.45) is 3.88. The average molecular weight is 453 g/mol. The van der Waals surface area contributed by atoms with Gasteiger partial charge in [-0.2, -0.15) is 13.2 Å². The molecule has 1 amide bonds. The van der Waals surface area contributed by atoms with Gasteiger partial charge in [0.15, 0.2) is 0 Å². The maximum Gasteiger partial charge on any atom is 0.391 e. The van der Waals surface area contributed by atoms with Crippen LogP contribution in [0.2, 0.25) is 0 Å². The molecule has 3 saturated carbocycles. The summed E-state index contributed by atoms with van der Waals surface area (Å²) in [6, 6.07) is -0.225. The minimum atomic E-state index is -4.26. The van der Waals surface area contributed by atoms with Crippen LogP contribution in [0.4, 0.5) is 13.2 Å². The van der Waals surface area contributed by atoms with Crippen molar-refractivity contribution in [1.82, 2.24) is 9.62 Å². The summed E-state index contributed by atoms with van der Waals surface area (Å²) in [5, 5.41) is 2.36. The van der Waals surface area contributed by atoms with Crippen molar-refractivity contribution in [3.05, 3.63) is 0 Å². The Morgan fingerprint density at radius 2 is 1.57 bits per heavy atom. The van der Waals surface area contributed by atoms with E-state index in [0.29, 0.717) is 38.5 Å². The number of rotatable bonds is 5. The number of sulfonamides is 1. The Morgan fingerprint density at radius 3 is 2.23 bits per heavy atom. The quantitative estimate of drug-likeness (QED) is 0.673. The predicted molar refractivity (Wildman–Crippen MR) is 109 cm³/mol. The lowest BCUT2D eigenvalue weighted by Crippen LogP contribution is -2.49. The van der Waals surface area contributed by atoms with Gasteiger partial charge in [0.25, 0.3) is 0 Å². The van der Waals surface area contributed by atoms with E-state index in [1.54, 1.807) is 11.4 Å². The van der Waals surface area contributed by atoms with E-state index in [4.69, 9.17) is 0 Å². The van der Waals surface area contributed by atoms with E-state index in [1.807, 2.05) is 0 Å². The first-order valence-electron chi connectivity index (χ1n) is 11.4. The van der Waals surface area contributed by atoms with Crippen LogP contribution in [0.1, 0.15) is 83.5 Å². The summed E-state index contributed by atoms with van der Waals surface area (Å²) in [6.45, 7) is 0. The Morgan fingerprint density at radius 1 is 0.900 bits per heavy atom. The highest BCUT2D eigenvalue weighted by Crippen LogP contribution is 2.40. The lowest BCUT2D eigenvalue weighted by Gasteiger charge is -2.37. The van der Waals surface area contributed by atoms with Crippen molar-refractivity contribution < 1.29 is 26.4 Å². The minimum Gasteiger partial charge on any atom is -0.353 e. The molecule has 0 aliphatic heterocycles. The van der Waals surface area contributed by atoms with Gasteiger partial charge in [-0.15, -0.1) is 0 Å². The summed E-state index contributed by atoms with van der Waals surface area (Å²) in [4.78, 5) is 12.6. The largest absolute Gasteiger partial charge is 0.391 e. The lowest BCUT2D eigenvalue weighted by molar-refractivity contribution is -0.186. The van der Waals surface area contributed by atoms with Gasteiger partial charge < -0.3 is 5.32 Å². The van der Waals surface area contributed by atoms with Crippen molar-refractivity contribution in [3.8, 4) is 0 Å². The van der Waals surface area contributed by atoms with Crippen LogP contribution in [-0.2, 0) is 14.8 Å². The second-order valence-electron chi connectivity index (χ2n) is 9.45. The maximum absolute atomic E-state index is 13.2. The van der Waals surface area contributed by atoms with Gasteiger partial charge in [-0.1, -0.05) is 32.1 Å². The molecule has 3 aliphatic rings. The normalized spacial score (nSPS) is 32.2. The summed E-state index contributed by atoms with van der Waals surface area (Å²) in [7, 11) is -1.78. The molecule has 0 bridgehead atoms. The van der Waals surface area contributed by atoms with E-state index in [9.17, 15) is 26.4 Å². The Labute approximate surface area is 178 Å². The highest BCUT2D eigenvalue weighted by molar-refractivity contribution is 7.89. The molecule has 4 atom stereocenters. The number of carbonyl (C=O) groups is 1. The van der Waals surface area contributed by atoms with Crippen LogP contribution < -0.4 is 5.32 Å². The second-order valence-corrected chi connectivity index (χ2v) is 11.7. The maximum atomic E-state index is 13.2. The monoisotopic (exact) mass is 452 g/mol. The van der Waals surface area contributed by atoms with Crippen molar-refractivity contribution in [2.75, 3.05) is 7.05 Å². The van der Waals surface area contributed by atoms with Crippen molar-refractivity contribution in [2.45, 2.75) is 107 Å². The number of nitrogens with zero attached hydrogens (tertiary/aromatic N) is 1. The molecule has 30 heavy (non-hydrogen) atoms. The molecule has 3 rings (SSSR count). The van der Waals surface area contributed by atoms with Crippen molar-refractivity contribution >= 4 is 15.9 Å². The van der Waals surface area contributed by atoms with Crippen LogP contribution in [-0.4, -0.2) is 49.2 Å². The zero-order valence-corrected chi connectivity index (χ0v) is 18.6. The van der Waals surface area contributed by atoms with E-state index in [2.05, 4.69) is 5.32 Å². The summed E-state index contributed by atoms with van der Waals surface area (Å²) >= 11 is 0. The van der Waals surface area contributed by atoms with E-state index in [-0.39, 0.29) is 30.8 Å². The Kier molecular flexibility index (Phi) is 7.75. The first-order valence-corrected chi connectivity index (χ1v) is 12.9. The zero-order valence-electron chi connectivity index (χ0n) is 17.8. The smallest absolute Gasteiger partial charge is 0.353 e. The standard InChI is InChI=1S/C21H35F3N2O3S/c1-26(18-10-3-2-4-11-18)30(28,29)19-12-6-9-17(14-19)25-20(27)15-7-5-8-16(13-15)21(22,23)24/h15-19H,2-14H2,1H3,(H,25,27). The first kappa shape index (κ1) is 23.8. The topological polar surface area (TPSA) is 66.5 Å². The molecule has 174 valence electrons. The number of halogens is 3. The van der Waals surface area contributed by atoms with Gasteiger partial charge in [0.2, 0.25) is 15.9 Å². The van der Waals surface area contributed by atoms with Crippen molar-refractivity contribution in [2.24, 2.45) is 11.8 Å². The molecular weight excluding hydrogens is 417 g/mol. The number of carbonyl (C=O) groups excluding carboxylic acids is 1. The first-order chi connectivity index (χ1) is 14.1. The van der Waals surface area contributed by atoms with Crippen LogP contribution in [0, 0.1) is 11.8 Å². The minimum absolute atomic E-state index is 0.0558. The molecule has 0 aromatic heterocycles. The van der Waals surface area contributed by atoms with Gasteiger partial charge in [-0.05, 0) is 51.4 Å². The molecule has 3 fully saturated rings. The van der Waals surface area contributed by atoms with Gasteiger partial charge in [-0.25, -0.2) is 12.7 Å². The summed E-state index contributed by atoms with van der Waals surface area (Å²) in [5.74, 6) is -2.38. The van der Waals surface area contributed by atoms with Crippen molar-refractivity contribution in [1.29, 1.82) is 0 Å². The molecule has 0 aromatic rings.